The molecule has 1 aromatic heterocycles. The lowest BCUT2D eigenvalue weighted by Crippen LogP contribution is -2.30. The number of hydrogen-bond acceptors (Lipinski definition) is 2. The Bertz CT molecular complexity index is 615. The SMILES string of the molecule is CN(C)C[C@H]1[C@H]2CC[C@H](C2)[C@H]1c1ccc2ccsc2c1. The van der Waals surface area contributed by atoms with Crippen LogP contribution in [0.15, 0.2) is 29.6 Å². The molecule has 2 aliphatic carbocycles. The number of hydrogen-bond donors (Lipinski definition) is 0. The van der Waals surface area contributed by atoms with E-state index >= 15 is 0 Å². The van der Waals surface area contributed by atoms with Crippen molar-refractivity contribution in [1.82, 2.24) is 4.90 Å². The van der Waals surface area contributed by atoms with Crippen molar-refractivity contribution in [2.45, 2.75) is 25.2 Å². The zero-order chi connectivity index (χ0) is 13.7. The minimum absolute atomic E-state index is 0.808. The van der Waals surface area contributed by atoms with E-state index in [0.717, 1.165) is 23.7 Å². The van der Waals surface area contributed by atoms with Gasteiger partial charge in [0, 0.05) is 11.2 Å². The maximum absolute atomic E-state index is 2.48. The lowest BCUT2D eigenvalue weighted by atomic mass is 9.75. The van der Waals surface area contributed by atoms with E-state index in [4.69, 9.17) is 0 Å². The largest absolute Gasteiger partial charge is 0.309 e. The van der Waals surface area contributed by atoms with Crippen LogP contribution in [-0.2, 0) is 0 Å². The molecule has 4 rings (SSSR count). The molecule has 0 saturated heterocycles. The predicted octanol–water partition coefficient (Wildman–Crippen LogP) is 4.59. The molecule has 2 bridgehead atoms. The van der Waals surface area contributed by atoms with E-state index < -0.39 is 0 Å². The number of nitrogens with zero attached hydrogens (tertiary/aromatic N) is 1. The fraction of sp³-hybridized carbons (Fsp3) is 0.556. The quantitative estimate of drug-likeness (QED) is 0.797. The second-order valence-electron chi connectivity index (χ2n) is 7.00. The highest BCUT2D eigenvalue weighted by atomic mass is 32.1. The summed E-state index contributed by atoms with van der Waals surface area (Å²) in [6.45, 7) is 1.26. The number of benzene rings is 1. The Morgan fingerprint density at radius 3 is 2.85 bits per heavy atom. The third-order valence-electron chi connectivity index (χ3n) is 5.53. The smallest absolute Gasteiger partial charge is 0.0345 e. The van der Waals surface area contributed by atoms with E-state index in [1.807, 2.05) is 11.3 Å². The second-order valence-corrected chi connectivity index (χ2v) is 7.95. The summed E-state index contributed by atoms with van der Waals surface area (Å²) in [7, 11) is 4.46. The Kier molecular flexibility index (Phi) is 3.12. The van der Waals surface area contributed by atoms with Gasteiger partial charge in [-0.2, -0.15) is 0 Å². The van der Waals surface area contributed by atoms with Gasteiger partial charge in [0.1, 0.15) is 0 Å². The first kappa shape index (κ1) is 12.8. The van der Waals surface area contributed by atoms with Gasteiger partial charge in [0.2, 0.25) is 0 Å². The minimum atomic E-state index is 0.808. The first-order valence-corrected chi connectivity index (χ1v) is 8.72. The molecule has 4 atom stereocenters. The van der Waals surface area contributed by atoms with Gasteiger partial charge in [0.05, 0.1) is 0 Å². The Hall–Kier alpha value is -0.860. The van der Waals surface area contributed by atoms with E-state index in [1.54, 1.807) is 5.56 Å². The van der Waals surface area contributed by atoms with E-state index in [1.165, 1.54) is 35.9 Å². The summed E-state index contributed by atoms with van der Waals surface area (Å²) in [5.41, 5.74) is 1.61. The van der Waals surface area contributed by atoms with Gasteiger partial charge in [-0.05, 0) is 85.5 Å². The molecule has 0 spiro atoms. The highest BCUT2D eigenvalue weighted by molar-refractivity contribution is 7.17. The Morgan fingerprint density at radius 2 is 2.00 bits per heavy atom. The monoisotopic (exact) mass is 285 g/mol. The van der Waals surface area contributed by atoms with E-state index in [-0.39, 0.29) is 0 Å². The van der Waals surface area contributed by atoms with Crippen molar-refractivity contribution < 1.29 is 0 Å². The molecule has 0 aliphatic heterocycles. The van der Waals surface area contributed by atoms with Crippen LogP contribution in [0.2, 0.25) is 0 Å². The number of thiophene rings is 1. The summed E-state index contributed by atoms with van der Waals surface area (Å²) in [6.07, 6.45) is 4.41. The van der Waals surface area contributed by atoms with E-state index in [2.05, 4.69) is 48.6 Å². The van der Waals surface area contributed by atoms with Crippen LogP contribution in [-0.4, -0.2) is 25.5 Å². The molecule has 20 heavy (non-hydrogen) atoms. The van der Waals surface area contributed by atoms with Crippen LogP contribution >= 0.6 is 11.3 Å². The van der Waals surface area contributed by atoms with Crippen molar-refractivity contribution >= 4 is 21.4 Å². The Morgan fingerprint density at radius 1 is 1.15 bits per heavy atom. The van der Waals surface area contributed by atoms with Gasteiger partial charge in [0.25, 0.3) is 0 Å². The first-order chi connectivity index (χ1) is 9.72. The summed E-state index contributed by atoms with van der Waals surface area (Å²) in [6, 6.07) is 9.46. The lowest BCUT2D eigenvalue weighted by molar-refractivity contribution is 0.219. The van der Waals surface area contributed by atoms with Crippen LogP contribution in [0.4, 0.5) is 0 Å². The van der Waals surface area contributed by atoms with Crippen molar-refractivity contribution in [1.29, 1.82) is 0 Å². The van der Waals surface area contributed by atoms with Crippen molar-refractivity contribution in [2.75, 3.05) is 20.6 Å². The van der Waals surface area contributed by atoms with Crippen LogP contribution in [0.1, 0.15) is 30.7 Å². The van der Waals surface area contributed by atoms with Gasteiger partial charge < -0.3 is 4.90 Å². The Balaban J connectivity index is 1.70. The highest BCUT2D eigenvalue weighted by Crippen LogP contribution is 2.57. The fourth-order valence-electron chi connectivity index (χ4n) is 4.79. The molecule has 0 unspecified atom stereocenters. The molecule has 2 aliphatic rings. The molecule has 2 aromatic rings. The van der Waals surface area contributed by atoms with Crippen LogP contribution < -0.4 is 0 Å². The zero-order valence-corrected chi connectivity index (χ0v) is 13.2. The standard InChI is InChI=1S/C18H23NS/c1-19(2)11-16-13-4-6-14(9-13)18(16)15-5-3-12-7-8-20-17(12)10-15/h3,5,7-8,10,13-14,16,18H,4,6,9,11H2,1-2H3/t13-,14+,16-,18-/m0/s1. The van der Waals surface area contributed by atoms with Crippen molar-refractivity contribution in [3.05, 3.63) is 35.2 Å². The van der Waals surface area contributed by atoms with Gasteiger partial charge in [-0.25, -0.2) is 0 Å². The molecular formula is C18H23NS. The van der Waals surface area contributed by atoms with E-state index in [9.17, 15) is 0 Å². The molecule has 0 N–H and O–H groups in total. The summed E-state index contributed by atoms with van der Waals surface area (Å²) in [4.78, 5) is 2.39. The fourth-order valence-corrected chi connectivity index (χ4v) is 5.63. The molecule has 1 nitrogen and oxygen atoms in total. The summed E-state index contributed by atoms with van der Waals surface area (Å²) in [5.74, 6) is 3.61. The van der Waals surface area contributed by atoms with Gasteiger partial charge in [-0.1, -0.05) is 12.1 Å². The molecule has 2 heteroatoms. The normalized spacial score (nSPS) is 32.5. The van der Waals surface area contributed by atoms with Crippen LogP contribution in [0.5, 0.6) is 0 Å². The number of fused-ring (bicyclic) bond motifs is 3. The van der Waals surface area contributed by atoms with Crippen molar-refractivity contribution in [3.8, 4) is 0 Å². The highest BCUT2D eigenvalue weighted by Gasteiger charge is 2.47. The number of rotatable bonds is 3. The molecule has 2 fully saturated rings. The maximum atomic E-state index is 2.48. The lowest BCUT2D eigenvalue weighted by Gasteiger charge is -2.33. The third kappa shape index (κ3) is 2.01. The maximum Gasteiger partial charge on any atom is 0.0345 e. The summed E-state index contributed by atoms with van der Waals surface area (Å²) in [5, 5.41) is 3.62. The van der Waals surface area contributed by atoms with Gasteiger partial charge in [-0.3, -0.25) is 0 Å². The van der Waals surface area contributed by atoms with Crippen molar-refractivity contribution in [2.24, 2.45) is 17.8 Å². The average molecular weight is 285 g/mol. The molecule has 2 saturated carbocycles. The average Bonchev–Trinajstić information content (AvgIpc) is 3.12. The third-order valence-corrected chi connectivity index (χ3v) is 6.41. The van der Waals surface area contributed by atoms with Gasteiger partial charge >= 0.3 is 0 Å². The van der Waals surface area contributed by atoms with Gasteiger partial charge in [0.15, 0.2) is 0 Å². The zero-order valence-electron chi connectivity index (χ0n) is 12.4. The van der Waals surface area contributed by atoms with Crippen LogP contribution in [0.3, 0.4) is 0 Å². The molecule has 0 amide bonds. The van der Waals surface area contributed by atoms with Gasteiger partial charge in [-0.15, -0.1) is 11.3 Å². The Labute approximate surface area is 125 Å². The predicted molar refractivity (Wildman–Crippen MR) is 87.4 cm³/mol. The molecule has 1 aromatic carbocycles. The first-order valence-electron chi connectivity index (χ1n) is 7.84. The molecule has 106 valence electrons. The summed E-state index contributed by atoms with van der Waals surface area (Å²) < 4.78 is 1.47. The van der Waals surface area contributed by atoms with Crippen molar-refractivity contribution in [3.63, 3.8) is 0 Å². The topological polar surface area (TPSA) is 3.24 Å². The minimum Gasteiger partial charge on any atom is -0.309 e. The molecule has 1 heterocycles. The molecule has 0 radical (unpaired) electrons. The van der Waals surface area contributed by atoms with Crippen LogP contribution in [0.25, 0.3) is 10.1 Å². The van der Waals surface area contributed by atoms with Crippen LogP contribution in [0, 0.1) is 17.8 Å². The summed E-state index contributed by atoms with van der Waals surface area (Å²) >= 11 is 1.89. The van der Waals surface area contributed by atoms with E-state index in [0.29, 0.717) is 0 Å². The molecular weight excluding hydrogens is 262 g/mol. The second kappa shape index (κ2) is 4.85.